The van der Waals surface area contributed by atoms with Crippen molar-refractivity contribution in [1.29, 1.82) is 0 Å². The van der Waals surface area contributed by atoms with Crippen molar-refractivity contribution in [3.8, 4) is 0 Å². The van der Waals surface area contributed by atoms with Gasteiger partial charge in [0.15, 0.2) is 6.29 Å². The van der Waals surface area contributed by atoms with Gasteiger partial charge in [-0.2, -0.15) is 8.78 Å². The minimum Gasteiger partial charge on any atom is -0.296 e. The summed E-state index contributed by atoms with van der Waals surface area (Å²) in [7, 11) is 0. The first-order valence-corrected chi connectivity index (χ1v) is 3.76. The van der Waals surface area contributed by atoms with E-state index in [0.717, 1.165) is 12.2 Å². The third-order valence-corrected chi connectivity index (χ3v) is 1.29. The number of allylic oxidation sites excluding steroid dienone is 4. The molecule has 0 atom stereocenters. The van der Waals surface area contributed by atoms with Crippen LogP contribution in [0, 0.1) is 0 Å². The zero-order chi connectivity index (χ0) is 9.78. The van der Waals surface area contributed by atoms with Crippen molar-refractivity contribution in [2.75, 3.05) is 0 Å². The molecular weight excluding hydrogens is 230 g/mol. The van der Waals surface area contributed by atoms with Crippen LogP contribution in [0.3, 0.4) is 0 Å². The quantitative estimate of drug-likeness (QED) is 0.542. The van der Waals surface area contributed by atoms with Crippen LogP contribution in [0.15, 0.2) is 35.4 Å². The van der Waals surface area contributed by atoms with E-state index in [-0.39, 0.29) is 4.48 Å². The van der Waals surface area contributed by atoms with Gasteiger partial charge in [-0.1, -0.05) is 35.2 Å². The molecule has 0 fully saturated rings. The lowest BCUT2D eigenvalue weighted by atomic mass is 10.1. The maximum absolute atomic E-state index is 12.6. The van der Waals surface area contributed by atoms with Crippen LogP contribution >= 0.6 is 15.9 Å². The molecule has 0 aliphatic heterocycles. The van der Waals surface area contributed by atoms with Gasteiger partial charge < -0.3 is 0 Å². The zero-order valence-corrected chi connectivity index (χ0v) is 7.77. The lowest BCUT2D eigenvalue weighted by Crippen LogP contribution is -2.19. The Hall–Kier alpha value is -0.770. The van der Waals surface area contributed by atoms with Crippen LogP contribution in [0.5, 0.6) is 0 Å². The van der Waals surface area contributed by atoms with E-state index in [1.807, 2.05) is 0 Å². The highest BCUT2D eigenvalue weighted by Crippen LogP contribution is 2.24. The van der Waals surface area contributed by atoms with Crippen LogP contribution in [0.1, 0.15) is 0 Å². The maximum atomic E-state index is 12.6. The van der Waals surface area contributed by atoms with Crippen LogP contribution in [0.4, 0.5) is 8.78 Å². The Labute approximate surface area is 77.6 Å². The van der Waals surface area contributed by atoms with Gasteiger partial charge in [0.25, 0.3) is 0 Å². The number of carbonyl (C=O) groups is 1. The summed E-state index contributed by atoms with van der Waals surface area (Å²) in [5.74, 6) is -3.49. The summed E-state index contributed by atoms with van der Waals surface area (Å²) in [6, 6.07) is 0. The molecule has 0 aromatic rings. The first kappa shape index (κ1) is 11.2. The average Bonchev–Trinajstić information content (AvgIpc) is 1.99. The molecule has 12 heavy (non-hydrogen) atoms. The number of rotatable bonds is 4. The molecule has 0 saturated carbocycles. The minimum absolute atomic E-state index is 0.263. The van der Waals surface area contributed by atoms with Crippen molar-refractivity contribution in [1.82, 2.24) is 0 Å². The van der Waals surface area contributed by atoms with Gasteiger partial charge in [-0.3, -0.25) is 4.79 Å². The summed E-state index contributed by atoms with van der Waals surface area (Å²) in [5, 5.41) is 0. The number of aldehydes is 1. The van der Waals surface area contributed by atoms with Crippen molar-refractivity contribution in [2.45, 2.75) is 5.92 Å². The Morgan fingerprint density at radius 1 is 1.50 bits per heavy atom. The monoisotopic (exact) mass is 236 g/mol. The fourth-order valence-electron chi connectivity index (χ4n) is 0.528. The SMILES string of the molecule is C=C/C(=C\C(=C)Br)C(F)(F)C=O. The highest BCUT2D eigenvalue weighted by atomic mass is 79.9. The van der Waals surface area contributed by atoms with Crippen LogP contribution < -0.4 is 0 Å². The molecule has 0 aliphatic carbocycles. The van der Waals surface area contributed by atoms with Gasteiger partial charge in [0.2, 0.25) is 0 Å². The summed E-state index contributed by atoms with van der Waals surface area (Å²) < 4.78 is 25.5. The van der Waals surface area contributed by atoms with Crippen LogP contribution in [-0.2, 0) is 4.79 Å². The van der Waals surface area contributed by atoms with Crippen LogP contribution in [0.25, 0.3) is 0 Å². The van der Waals surface area contributed by atoms with E-state index in [2.05, 4.69) is 29.1 Å². The van der Waals surface area contributed by atoms with Crippen molar-refractivity contribution >= 4 is 22.2 Å². The van der Waals surface area contributed by atoms with E-state index < -0.39 is 17.8 Å². The molecule has 0 aromatic heterocycles. The first-order valence-electron chi connectivity index (χ1n) is 2.97. The topological polar surface area (TPSA) is 17.1 Å². The first-order chi connectivity index (χ1) is 5.44. The van der Waals surface area contributed by atoms with Gasteiger partial charge in [-0.15, -0.1) is 0 Å². The zero-order valence-electron chi connectivity index (χ0n) is 6.19. The second kappa shape index (κ2) is 4.30. The largest absolute Gasteiger partial charge is 0.327 e. The molecule has 0 saturated heterocycles. The molecule has 1 nitrogen and oxygen atoms in total. The summed E-state index contributed by atoms with van der Waals surface area (Å²) in [5.41, 5.74) is -0.473. The second-order valence-electron chi connectivity index (χ2n) is 1.99. The third kappa shape index (κ3) is 3.09. The van der Waals surface area contributed by atoms with Gasteiger partial charge in [-0.25, -0.2) is 0 Å². The molecule has 0 radical (unpaired) electrons. The second-order valence-corrected chi connectivity index (χ2v) is 3.01. The highest BCUT2D eigenvalue weighted by molar-refractivity contribution is 9.11. The predicted molar refractivity (Wildman–Crippen MR) is 47.4 cm³/mol. The molecule has 0 N–H and O–H groups in total. The van der Waals surface area contributed by atoms with E-state index in [1.165, 1.54) is 0 Å². The molecule has 0 unspecified atom stereocenters. The Morgan fingerprint density at radius 2 is 2.00 bits per heavy atom. The fraction of sp³-hybridized carbons (Fsp3) is 0.125. The molecular formula is C8H7BrF2O. The molecule has 0 aliphatic rings. The van der Waals surface area contributed by atoms with Crippen molar-refractivity contribution in [3.05, 3.63) is 35.4 Å². The molecule has 0 rings (SSSR count). The summed E-state index contributed by atoms with van der Waals surface area (Å²) in [6.07, 6.45) is 1.53. The maximum Gasteiger partial charge on any atom is 0.327 e. The van der Waals surface area contributed by atoms with Crippen LogP contribution in [0.2, 0.25) is 0 Å². The molecule has 0 aromatic carbocycles. The van der Waals surface area contributed by atoms with Crippen molar-refractivity contribution in [3.63, 3.8) is 0 Å². The van der Waals surface area contributed by atoms with Gasteiger partial charge in [0, 0.05) is 10.1 Å². The lowest BCUT2D eigenvalue weighted by molar-refractivity contribution is -0.124. The van der Waals surface area contributed by atoms with E-state index in [9.17, 15) is 13.6 Å². The van der Waals surface area contributed by atoms with Crippen molar-refractivity contribution in [2.24, 2.45) is 0 Å². The molecule has 0 spiro atoms. The minimum atomic E-state index is -3.49. The molecule has 66 valence electrons. The molecule has 0 heterocycles. The van der Waals surface area contributed by atoms with Gasteiger partial charge >= 0.3 is 5.92 Å². The van der Waals surface area contributed by atoms with E-state index in [0.29, 0.717) is 0 Å². The Balaban J connectivity index is 4.90. The number of halogens is 3. The fourth-order valence-corrected chi connectivity index (χ4v) is 0.775. The Morgan fingerprint density at radius 3 is 2.25 bits per heavy atom. The average molecular weight is 237 g/mol. The molecule has 4 heteroatoms. The summed E-state index contributed by atoms with van der Waals surface area (Å²) >= 11 is 2.87. The normalized spacial score (nSPS) is 12.4. The lowest BCUT2D eigenvalue weighted by Gasteiger charge is -2.08. The summed E-state index contributed by atoms with van der Waals surface area (Å²) in [4.78, 5) is 9.92. The smallest absolute Gasteiger partial charge is 0.296 e. The van der Waals surface area contributed by atoms with Gasteiger partial charge in [-0.05, 0) is 6.08 Å². The standard InChI is InChI=1S/C8H7BrF2O/c1-3-7(4-6(2)9)8(10,11)5-12/h3-5H,1-2H2/b7-4+. The Kier molecular flexibility index (Phi) is 4.03. The predicted octanol–water partition coefficient (Wildman–Crippen LogP) is 2.84. The highest BCUT2D eigenvalue weighted by Gasteiger charge is 2.31. The van der Waals surface area contributed by atoms with Crippen molar-refractivity contribution < 1.29 is 13.6 Å². The number of alkyl halides is 2. The summed E-state index contributed by atoms with van der Waals surface area (Å²) in [6.45, 7) is 6.49. The Bertz CT molecular complexity index is 243. The van der Waals surface area contributed by atoms with Gasteiger partial charge in [0.05, 0.1) is 0 Å². The number of carbonyl (C=O) groups excluding carboxylic acids is 1. The van der Waals surface area contributed by atoms with Gasteiger partial charge in [0.1, 0.15) is 0 Å². The van der Waals surface area contributed by atoms with E-state index in [1.54, 1.807) is 0 Å². The van der Waals surface area contributed by atoms with E-state index >= 15 is 0 Å². The molecule has 0 amide bonds. The third-order valence-electron chi connectivity index (χ3n) is 1.06. The van der Waals surface area contributed by atoms with Crippen LogP contribution in [-0.4, -0.2) is 12.2 Å². The number of hydrogen-bond donors (Lipinski definition) is 0. The molecule has 0 bridgehead atoms. The number of hydrogen-bond acceptors (Lipinski definition) is 1. The van der Waals surface area contributed by atoms with E-state index in [4.69, 9.17) is 0 Å².